The second-order valence-electron chi connectivity index (χ2n) is 6.51. The van der Waals surface area contributed by atoms with Gasteiger partial charge >= 0.3 is 6.09 Å². The van der Waals surface area contributed by atoms with Crippen LogP contribution in [0.1, 0.15) is 18.7 Å². The maximum absolute atomic E-state index is 11.8. The monoisotopic (exact) mass is 328 g/mol. The fourth-order valence-corrected chi connectivity index (χ4v) is 3.52. The maximum atomic E-state index is 11.8. The van der Waals surface area contributed by atoms with Crippen molar-refractivity contribution in [2.24, 2.45) is 0 Å². The Bertz CT molecular complexity index is 762. The lowest BCUT2D eigenvalue weighted by Crippen LogP contribution is -2.51. The Morgan fingerprint density at radius 3 is 2.79 bits per heavy atom. The van der Waals surface area contributed by atoms with Gasteiger partial charge in [-0.3, -0.25) is 0 Å². The number of piperidine rings is 1. The molecule has 0 aromatic carbocycles. The zero-order valence-electron chi connectivity index (χ0n) is 13.8. The van der Waals surface area contributed by atoms with Gasteiger partial charge in [0.05, 0.1) is 13.1 Å². The van der Waals surface area contributed by atoms with E-state index in [0.29, 0.717) is 18.9 Å². The van der Waals surface area contributed by atoms with Crippen LogP contribution < -0.4 is 4.90 Å². The molecular formula is C16H20N6O2. The number of amides is 1. The predicted octanol–water partition coefficient (Wildman–Crippen LogP) is 1.39. The minimum absolute atomic E-state index is 0.243. The molecule has 2 aromatic rings. The molecule has 126 valence electrons. The number of carbonyl (C=O) groups is 1. The summed E-state index contributed by atoms with van der Waals surface area (Å²) in [5, 5.41) is 4.24. The number of likely N-dealkylation sites (N-methyl/N-ethyl adjacent to an activating group) is 1. The summed E-state index contributed by atoms with van der Waals surface area (Å²) in [6, 6.07) is 3.79. The van der Waals surface area contributed by atoms with Crippen molar-refractivity contribution in [1.82, 2.24) is 24.6 Å². The number of anilines is 1. The normalized spacial score (nSPS) is 23.8. The molecule has 0 N–H and O–H groups in total. The molecule has 1 amide bonds. The van der Waals surface area contributed by atoms with E-state index in [0.717, 1.165) is 31.0 Å². The van der Waals surface area contributed by atoms with Gasteiger partial charge in [-0.2, -0.15) is 5.10 Å². The summed E-state index contributed by atoms with van der Waals surface area (Å²) in [7, 11) is 1.78. The van der Waals surface area contributed by atoms with Crippen molar-refractivity contribution in [3.63, 3.8) is 0 Å². The van der Waals surface area contributed by atoms with Crippen LogP contribution in [0.25, 0.3) is 5.82 Å². The molecular weight excluding hydrogens is 308 g/mol. The molecule has 0 saturated carbocycles. The molecule has 8 nitrogen and oxygen atoms in total. The van der Waals surface area contributed by atoms with Crippen molar-refractivity contribution in [2.45, 2.75) is 25.4 Å². The summed E-state index contributed by atoms with van der Waals surface area (Å²) < 4.78 is 7.39. The Morgan fingerprint density at radius 1 is 1.25 bits per heavy atom. The second kappa shape index (κ2) is 5.47. The van der Waals surface area contributed by atoms with Gasteiger partial charge in [0.2, 0.25) is 0 Å². The third-order valence-electron chi connectivity index (χ3n) is 4.55. The topological polar surface area (TPSA) is 76.4 Å². The predicted molar refractivity (Wildman–Crippen MR) is 87.2 cm³/mol. The third-order valence-corrected chi connectivity index (χ3v) is 4.55. The molecule has 0 bridgehead atoms. The molecule has 2 aromatic heterocycles. The minimum Gasteiger partial charge on any atom is -0.439 e. The van der Waals surface area contributed by atoms with Gasteiger partial charge in [-0.25, -0.2) is 19.4 Å². The number of nitrogens with zero attached hydrogens (tertiary/aromatic N) is 6. The van der Waals surface area contributed by atoms with E-state index < -0.39 is 5.60 Å². The molecule has 4 heterocycles. The van der Waals surface area contributed by atoms with E-state index >= 15 is 0 Å². The lowest BCUT2D eigenvalue weighted by Gasteiger charge is -2.39. The minimum atomic E-state index is -0.436. The van der Waals surface area contributed by atoms with Gasteiger partial charge in [-0.1, -0.05) is 0 Å². The first kappa shape index (κ1) is 14.9. The summed E-state index contributed by atoms with van der Waals surface area (Å²) in [5.41, 5.74) is -0.436. The van der Waals surface area contributed by atoms with Gasteiger partial charge in [0.1, 0.15) is 17.2 Å². The van der Waals surface area contributed by atoms with Crippen LogP contribution in [0.3, 0.4) is 0 Å². The highest BCUT2D eigenvalue weighted by Crippen LogP contribution is 2.33. The number of aryl methyl sites for hydroxylation is 1. The molecule has 24 heavy (non-hydrogen) atoms. The largest absolute Gasteiger partial charge is 0.439 e. The lowest BCUT2D eigenvalue weighted by atomic mass is 9.93. The number of ether oxygens (including phenoxy) is 1. The molecule has 1 spiro atoms. The van der Waals surface area contributed by atoms with Crippen LogP contribution in [0.15, 0.2) is 24.5 Å². The molecule has 4 rings (SSSR count). The van der Waals surface area contributed by atoms with Crippen LogP contribution in [-0.4, -0.2) is 63.0 Å². The molecule has 8 heteroatoms. The van der Waals surface area contributed by atoms with Crippen molar-refractivity contribution in [2.75, 3.05) is 31.6 Å². The van der Waals surface area contributed by atoms with Crippen LogP contribution in [0.4, 0.5) is 10.6 Å². The summed E-state index contributed by atoms with van der Waals surface area (Å²) in [6.45, 7) is 4.04. The Kier molecular flexibility index (Phi) is 3.40. The van der Waals surface area contributed by atoms with Gasteiger partial charge in [-0.15, -0.1) is 0 Å². The molecule has 2 aliphatic rings. The smallest absolute Gasteiger partial charge is 0.410 e. The van der Waals surface area contributed by atoms with Crippen molar-refractivity contribution in [1.29, 1.82) is 0 Å². The van der Waals surface area contributed by atoms with E-state index in [1.165, 1.54) is 0 Å². The average molecular weight is 328 g/mol. The summed E-state index contributed by atoms with van der Waals surface area (Å²) in [4.78, 5) is 24.7. The molecule has 0 radical (unpaired) electrons. The summed E-state index contributed by atoms with van der Waals surface area (Å²) >= 11 is 0. The third kappa shape index (κ3) is 2.57. The fourth-order valence-electron chi connectivity index (χ4n) is 3.52. The standard InChI is InChI=1S/C16H20N6O2/c1-12-18-13(9-14(19-12)22-8-4-6-17-22)21-7-3-5-16(11-21)10-20(2)15(23)24-16/h4,6,8-9H,3,5,7,10-11H2,1-2H3/t16-/m1/s1. The van der Waals surface area contributed by atoms with Crippen LogP contribution >= 0.6 is 0 Å². The van der Waals surface area contributed by atoms with Crippen LogP contribution in [0.2, 0.25) is 0 Å². The number of rotatable bonds is 2. The number of hydrogen-bond acceptors (Lipinski definition) is 6. The highest BCUT2D eigenvalue weighted by molar-refractivity contribution is 5.70. The first-order chi connectivity index (χ1) is 11.5. The van der Waals surface area contributed by atoms with Crippen LogP contribution in [-0.2, 0) is 4.74 Å². The van der Waals surface area contributed by atoms with Gasteiger partial charge in [0.15, 0.2) is 5.82 Å². The molecule has 0 unspecified atom stereocenters. The van der Waals surface area contributed by atoms with Gasteiger partial charge in [-0.05, 0) is 25.8 Å². The Morgan fingerprint density at radius 2 is 2.08 bits per heavy atom. The van der Waals surface area contributed by atoms with Crippen molar-refractivity contribution < 1.29 is 9.53 Å². The van der Waals surface area contributed by atoms with E-state index in [1.807, 2.05) is 25.3 Å². The highest BCUT2D eigenvalue weighted by atomic mass is 16.6. The Balaban J connectivity index is 1.63. The molecule has 2 fully saturated rings. The fraction of sp³-hybridized carbons (Fsp3) is 0.500. The van der Waals surface area contributed by atoms with E-state index in [1.54, 1.807) is 22.8 Å². The maximum Gasteiger partial charge on any atom is 0.410 e. The SMILES string of the molecule is Cc1nc(N2CCC[C@@]3(CN(C)C(=O)O3)C2)cc(-n2cccn2)n1. The van der Waals surface area contributed by atoms with E-state index in [2.05, 4.69) is 20.0 Å². The summed E-state index contributed by atoms with van der Waals surface area (Å²) in [5.74, 6) is 2.28. The van der Waals surface area contributed by atoms with Crippen LogP contribution in [0, 0.1) is 6.92 Å². The summed E-state index contributed by atoms with van der Waals surface area (Å²) in [6.07, 6.45) is 5.18. The van der Waals surface area contributed by atoms with E-state index in [9.17, 15) is 4.79 Å². The number of hydrogen-bond donors (Lipinski definition) is 0. The molecule has 0 aliphatic carbocycles. The Hall–Kier alpha value is -2.64. The lowest BCUT2D eigenvalue weighted by molar-refractivity contribution is 0.0445. The zero-order valence-corrected chi connectivity index (χ0v) is 13.8. The zero-order chi connectivity index (χ0) is 16.7. The van der Waals surface area contributed by atoms with Crippen LogP contribution in [0.5, 0.6) is 0 Å². The van der Waals surface area contributed by atoms with Crippen molar-refractivity contribution >= 4 is 11.9 Å². The highest BCUT2D eigenvalue weighted by Gasteiger charge is 2.46. The Labute approximate surface area is 140 Å². The number of aromatic nitrogens is 4. The van der Waals surface area contributed by atoms with E-state index in [4.69, 9.17) is 4.74 Å². The second-order valence-corrected chi connectivity index (χ2v) is 6.51. The van der Waals surface area contributed by atoms with E-state index in [-0.39, 0.29) is 6.09 Å². The molecule has 1 atom stereocenters. The van der Waals surface area contributed by atoms with Gasteiger partial charge in [0.25, 0.3) is 0 Å². The number of carbonyl (C=O) groups excluding carboxylic acids is 1. The van der Waals surface area contributed by atoms with Crippen molar-refractivity contribution in [3.05, 3.63) is 30.4 Å². The first-order valence-corrected chi connectivity index (χ1v) is 8.09. The average Bonchev–Trinajstić information content (AvgIpc) is 3.16. The molecule has 2 aliphatic heterocycles. The quantitative estimate of drug-likeness (QED) is 0.829. The van der Waals surface area contributed by atoms with Gasteiger partial charge < -0.3 is 14.5 Å². The van der Waals surface area contributed by atoms with Gasteiger partial charge in [0, 0.05) is 32.1 Å². The van der Waals surface area contributed by atoms with Crippen molar-refractivity contribution in [3.8, 4) is 5.82 Å². The first-order valence-electron chi connectivity index (χ1n) is 8.09. The molecule has 2 saturated heterocycles.